The predicted octanol–water partition coefficient (Wildman–Crippen LogP) is 1.55. The Balaban J connectivity index is 3.12. The number of hydrogen-bond acceptors (Lipinski definition) is 2. The lowest BCUT2D eigenvalue weighted by Crippen LogP contribution is -2.19. The lowest BCUT2D eigenvalue weighted by molar-refractivity contribution is 0.275. The molecule has 0 heterocycles. The Morgan fingerprint density at radius 3 is 2.60 bits per heavy atom. The molecule has 0 radical (unpaired) electrons. The lowest BCUT2D eigenvalue weighted by Gasteiger charge is -2.07. The van der Waals surface area contributed by atoms with Crippen LogP contribution in [0.15, 0.2) is 0 Å². The van der Waals surface area contributed by atoms with E-state index < -0.39 is 0 Å². The van der Waals surface area contributed by atoms with Crippen molar-refractivity contribution in [2.24, 2.45) is 5.92 Å². The van der Waals surface area contributed by atoms with E-state index in [1.165, 1.54) is 0 Å². The minimum absolute atomic E-state index is 0.487. The third kappa shape index (κ3) is 5.82. The van der Waals surface area contributed by atoms with Gasteiger partial charge in [0.15, 0.2) is 0 Å². The predicted molar refractivity (Wildman–Crippen MR) is 47.1 cm³/mol. The van der Waals surface area contributed by atoms with Crippen LogP contribution in [0.5, 0.6) is 0 Å². The zero-order valence-electron chi connectivity index (χ0n) is 6.81. The summed E-state index contributed by atoms with van der Waals surface area (Å²) < 4.78 is 5.12. The topological polar surface area (TPSA) is 21.3 Å². The zero-order valence-corrected chi connectivity index (χ0v) is 7.62. The maximum atomic E-state index is 5.12. The van der Waals surface area contributed by atoms with Crippen LogP contribution in [-0.4, -0.2) is 18.8 Å². The monoisotopic (exact) mass is 161 g/mol. The highest BCUT2D eigenvalue weighted by atomic mass is 32.1. The highest BCUT2D eigenvalue weighted by molar-refractivity contribution is 7.80. The van der Waals surface area contributed by atoms with Crippen molar-refractivity contribution in [3.8, 4) is 0 Å². The molecule has 0 aliphatic heterocycles. The van der Waals surface area contributed by atoms with Crippen molar-refractivity contribution in [2.45, 2.75) is 20.3 Å². The molecule has 0 aliphatic carbocycles. The molecule has 10 heavy (non-hydrogen) atoms. The summed E-state index contributed by atoms with van der Waals surface area (Å²) in [5.41, 5.74) is 0. The van der Waals surface area contributed by atoms with Crippen molar-refractivity contribution in [2.75, 3.05) is 13.7 Å². The average molecular weight is 161 g/mol. The van der Waals surface area contributed by atoms with Crippen LogP contribution in [0.1, 0.15) is 20.3 Å². The van der Waals surface area contributed by atoms with Crippen LogP contribution < -0.4 is 5.32 Å². The van der Waals surface area contributed by atoms with Crippen molar-refractivity contribution in [1.82, 2.24) is 5.32 Å². The second-order valence-corrected chi connectivity index (χ2v) is 2.94. The van der Waals surface area contributed by atoms with E-state index in [0.717, 1.165) is 13.0 Å². The summed E-state index contributed by atoms with van der Waals surface area (Å²) in [6.45, 7) is 5.04. The summed E-state index contributed by atoms with van der Waals surface area (Å²) >= 11 is 4.77. The van der Waals surface area contributed by atoms with Crippen LogP contribution in [0.2, 0.25) is 0 Å². The molecule has 0 aromatic rings. The molecule has 2 nitrogen and oxygen atoms in total. The molecule has 0 amide bonds. The van der Waals surface area contributed by atoms with Crippen molar-refractivity contribution < 1.29 is 4.74 Å². The molecule has 0 saturated heterocycles. The Kier molecular flexibility index (Phi) is 5.30. The molecular formula is C7H15NOS. The third-order valence-corrected chi connectivity index (χ3v) is 1.45. The summed E-state index contributed by atoms with van der Waals surface area (Å²) in [6.07, 6.45) is 1.06. The van der Waals surface area contributed by atoms with Gasteiger partial charge in [0.2, 0.25) is 0 Å². The normalized spacial score (nSPS) is 9.60. The highest BCUT2D eigenvalue weighted by Gasteiger charge is 1.95. The molecule has 0 rings (SSSR count). The first-order valence-electron chi connectivity index (χ1n) is 3.51. The summed E-state index contributed by atoms with van der Waals surface area (Å²) in [4.78, 5) is 0. The van der Waals surface area contributed by atoms with E-state index in [9.17, 15) is 0 Å². The van der Waals surface area contributed by atoms with Gasteiger partial charge in [-0.15, -0.1) is 0 Å². The molecule has 0 unspecified atom stereocenters. The maximum Gasteiger partial charge on any atom is 0.256 e. The van der Waals surface area contributed by atoms with Crippen molar-refractivity contribution in [3.63, 3.8) is 0 Å². The Bertz CT molecular complexity index is 104. The van der Waals surface area contributed by atoms with Crippen LogP contribution >= 0.6 is 12.2 Å². The molecule has 60 valence electrons. The molecule has 3 heteroatoms. The van der Waals surface area contributed by atoms with E-state index in [1.807, 2.05) is 0 Å². The molecule has 1 N–H and O–H groups in total. The SMILES string of the molecule is CNC(=S)OCCC(C)C. The number of nitrogens with one attached hydrogen (secondary N) is 1. The number of hydrogen-bond donors (Lipinski definition) is 1. The summed E-state index contributed by atoms with van der Waals surface area (Å²) in [6, 6.07) is 0. The van der Waals surface area contributed by atoms with E-state index in [1.54, 1.807) is 7.05 Å². The molecule has 0 bridgehead atoms. The van der Waals surface area contributed by atoms with Crippen LogP contribution in [0, 0.1) is 5.92 Å². The second-order valence-electron chi connectivity index (χ2n) is 2.57. The van der Waals surface area contributed by atoms with E-state index >= 15 is 0 Å². The number of rotatable bonds is 3. The molecular weight excluding hydrogens is 146 g/mol. The Morgan fingerprint density at radius 1 is 1.60 bits per heavy atom. The van der Waals surface area contributed by atoms with Gasteiger partial charge in [-0.2, -0.15) is 0 Å². The number of thiocarbonyl (C=S) groups is 1. The fourth-order valence-corrected chi connectivity index (χ4v) is 0.543. The van der Waals surface area contributed by atoms with Gasteiger partial charge < -0.3 is 10.1 Å². The smallest absolute Gasteiger partial charge is 0.256 e. The quantitative estimate of drug-likeness (QED) is 0.635. The van der Waals surface area contributed by atoms with E-state index in [-0.39, 0.29) is 0 Å². The molecule has 0 fully saturated rings. The number of ether oxygens (including phenoxy) is 1. The summed E-state index contributed by atoms with van der Waals surface area (Å²) in [7, 11) is 1.76. The largest absolute Gasteiger partial charge is 0.471 e. The van der Waals surface area contributed by atoms with Crippen LogP contribution in [0.3, 0.4) is 0 Å². The zero-order chi connectivity index (χ0) is 7.98. The Hall–Kier alpha value is -0.310. The van der Waals surface area contributed by atoms with Crippen molar-refractivity contribution in [3.05, 3.63) is 0 Å². The van der Waals surface area contributed by atoms with Gasteiger partial charge >= 0.3 is 0 Å². The first-order valence-corrected chi connectivity index (χ1v) is 3.92. The fraction of sp³-hybridized carbons (Fsp3) is 0.857. The lowest BCUT2D eigenvalue weighted by atomic mass is 10.1. The van der Waals surface area contributed by atoms with Gasteiger partial charge in [0.1, 0.15) is 0 Å². The van der Waals surface area contributed by atoms with E-state index in [0.29, 0.717) is 11.1 Å². The van der Waals surface area contributed by atoms with Crippen LogP contribution in [0.25, 0.3) is 0 Å². The van der Waals surface area contributed by atoms with Gasteiger partial charge in [-0.3, -0.25) is 0 Å². The molecule has 0 atom stereocenters. The Morgan fingerprint density at radius 2 is 2.20 bits per heavy atom. The maximum absolute atomic E-state index is 5.12. The van der Waals surface area contributed by atoms with Gasteiger partial charge in [-0.1, -0.05) is 13.8 Å². The summed E-state index contributed by atoms with van der Waals surface area (Å²) in [5.74, 6) is 0.680. The summed E-state index contributed by atoms with van der Waals surface area (Å²) in [5, 5.41) is 3.23. The highest BCUT2D eigenvalue weighted by Crippen LogP contribution is 1.98. The molecule has 0 aromatic heterocycles. The molecule has 0 spiro atoms. The molecule has 0 aromatic carbocycles. The van der Waals surface area contributed by atoms with Crippen molar-refractivity contribution >= 4 is 17.4 Å². The van der Waals surface area contributed by atoms with E-state index in [2.05, 4.69) is 19.2 Å². The van der Waals surface area contributed by atoms with Gasteiger partial charge in [0, 0.05) is 7.05 Å². The van der Waals surface area contributed by atoms with Gasteiger partial charge in [0.25, 0.3) is 5.17 Å². The Labute approximate surface area is 68.0 Å². The van der Waals surface area contributed by atoms with Crippen molar-refractivity contribution in [1.29, 1.82) is 0 Å². The van der Waals surface area contributed by atoms with Crippen LogP contribution in [-0.2, 0) is 4.74 Å². The fourth-order valence-electron chi connectivity index (χ4n) is 0.459. The average Bonchev–Trinajstić information content (AvgIpc) is 1.87. The first kappa shape index (κ1) is 9.69. The van der Waals surface area contributed by atoms with Gasteiger partial charge in [0.05, 0.1) is 6.61 Å². The minimum atomic E-state index is 0.487. The van der Waals surface area contributed by atoms with Gasteiger partial charge in [-0.25, -0.2) is 0 Å². The second kappa shape index (κ2) is 5.47. The minimum Gasteiger partial charge on any atom is -0.471 e. The third-order valence-electron chi connectivity index (χ3n) is 1.13. The van der Waals surface area contributed by atoms with E-state index in [4.69, 9.17) is 17.0 Å². The van der Waals surface area contributed by atoms with Gasteiger partial charge in [-0.05, 0) is 24.6 Å². The standard InChI is InChI=1S/C7H15NOS/c1-6(2)4-5-9-7(10)8-3/h6H,4-5H2,1-3H3,(H,8,10). The van der Waals surface area contributed by atoms with Crippen LogP contribution in [0.4, 0.5) is 0 Å². The molecule has 0 saturated carbocycles. The molecule has 0 aliphatic rings. The first-order chi connectivity index (χ1) is 4.66.